The fourth-order valence-corrected chi connectivity index (χ4v) is 2.07. The van der Waals surface area contributed by atoms with Gasteiger partial charge in [0.15, 0.2) is 5.78 Å². The fourth-order valence-electron chi connectivity index (χ4n) is 2.07. The average Bonchev–Trinajstić information content (AvgIpc) is 3.05. The van der Waals surface area contributed by atoms with Crippen LogP contribution in [0.15, 0.2) is 6.33 Å². The minimum Gasteiger partial charge on any atom is -0.319 e. The molecule has 1 aliphatic carbocycles. The third kappa shape index (κ3) is 2.54. The van der Waals surface area contributed by atoms with Crippen LogP contribution in [-0.2, 0) is 17.8 Å². The summed E-state index contributed by atoms with van der Waals surface area (Å²) in [7, 11) is 0. The molecule has 1 aliphatic rings. The maximum absolute atomic E-state index is 12.2. The molecule has 1 aromatic rings. The zero-order chi connectivity index (χ0) is 12.5. The Labute approximate surface area is 101 Å². The van der Waals surface area contributed by atoms with E-state index in [0.717, 1.165) is 31.6 Å². The van der Waals surface area contributed by atoms with Crippen LogP contribution >= 0.6 is 0 Å². The number of nitrogens with zero attached hydrogens (tertiary/aromatic N) is 3. The van der Waals surface area contributed by atoms with Gasteiger partial charge in [-0.15, -0.1) is 0 Å². The van der Waals surface area contributed by atoms with Gasteiger partial charge in [-0.3, -0.25) is 4.79 Å². The van der Waals surface area contributed by atoms with Crippen LogP contribution in [0, 0.1) is 5.92 Å². The number of carbonyl (C=O) groups is 1. The number of ketones is 1. The Hall–Kier alpha value is -1.23. The van der Waals surface area contributed by atoms with Gasteiger partial charge >= 0.3 is 0 Å². The highest BCUT2D eigenvalue weighted by atomic mass is 16.1. The lowest BCUT2D eigenvalue weighted by Crippen LogP contribution is -2.48. The van der Waals surface area contributed by atoms with E-state index in [1.807, 2.05) is 6.92 Å². The minimum absolute atomic E-state index is 0.0744. The fraction of sp³-hybridized carbons (Fsp3) is 0.750. The van der Waals surface area contributed by atoms with Crippen molar-refractivity contribution in [1.29, 1.82) is 0 Å². The Morgan fingerprint density at radius 2 is 2.35 bits per heavy atom. The molecule has 1 unspecified atom stereocenters. The molecule has 0 saturated heterocycles. The van der Waals surface area contributed by atoms with Gasteiger partial charge in [0.1, 0.15) is 12.2 Å². The Morgan fingerprint density at radius 3 is 2.94 bits per heavy atom. The summed E-state index contributed by atoms with van der Waals surface area (Å²) in [4.78, 5) is 16.3. The maximum Gasteiger partial charge on any atom is 0.160 e. The number of Topliss-reactive ketones (excluding diaryl/α,β-unsaturated/α-hetero) is 1. The van der Waals surface area contributed by atoms with Crippen molar-refractivity contribution in [1.82, 2.24) is 14.8 Å². The largest absolute Gasteiger partial charge is 0.319 e. The van der Waals surface area contributed by atoms with Crippen molar-refractivity contribution in [3.05, 3.63) is 12.2 Å². The van der Waals surface area contributed by atoms with Crippen molar-refractivity contribution < 1.29 is 4.79 Å². The normalized spacial score (nSPS) is 19.0. The Kier molecular flexibility index (Phi) is 3.28. The minimum atomic E-state index is -0.691. The Morgan fingerprint density at radius 1 is 1.65 bits per heavy atom. The van der Waals surface area contributed by atoms with Crippen LogP contribution in [0.25, 0.3) is 0 Å². The maximum atomic E-state index is 12.2. The lowest BCUT2D eigenvalue weighted by molar-refractivity contribution is -0.123. The van der Waals surface area contributed by atoms with E-state index in [2.05, 4.69) is 17.0 Å². The predicted octanol–water partition coefficient (Wildman–Crippen LogP) is 0.927. The van der Waals surface area contributed by atoms with Gasteiger partial charge in [0.2, 0.25) is 0 Å². The topological polar surface area (TPSA) is 73.8 Å². The number of rotatable bonds is 6. The highest BCUT2D eigenvalue weighted by molar-refractivity contribution is 5.89. The second-order valence-electron chi connectivity index (χ2n) is 5.06. The molecule has 2 rings (SSSR count). The number of hydrogen-bond donors (Lipinski definition) is 1. The van der Waals surface area contributed by atoms with Crippen LogP contribution in [-0.4, -0.2) is 26.1 Å². The van der Waals surface area contributed by atoms with E-state index < -0.39 is 5.54 Å². The molecule has 0 bridgehead atoms. The molecule has 94 valence electrons. The summed E-state index contributed by atoms with van der Waals surface area (Å²) in [6.07, 6.45) is 4.92. The molecule has 5 heteroatoms. The number of hydrogen-bond acceptors (Lipinski definition) is 4. The van der Waals surface area contributed by atoms with Gasteiger partial charge in [-0.05, 0) is 32.1 Å². The van der Waals surface area contributed by atoms with Gasteiger partial charge < -0.3 is 5.73 Å². The van der Waals surface area contributed by atoms with Crippen LogP contribution in [0.3, 0.4) is 0 Å². The molecule has 17 heavy (non-hydrogen) atoms. The number of aromatic nitrogens is 3. The molecule has 2 N–H and O–H groups in total. The molecule has 1 atom stereocenters. The zero-order valence-corrected chi connectivity index (χ0v) is 10.5. The molecular formula is C12H20N4O. The van der Waals surface area contributed by atoms with Gasteiger partial charge in [-0.25, -0.2) is 9.67 Å². The first-order valence-corrected chi connectivity index (χ1v) is 6.24. The molecule has 0 aliphatic heterocycles. The molecule has 1 heterocycles. The summed E-state index contributed by atoms with van der Waals surface area (Å²) in [5.74, 6) is 1.16. The Balaban J connectivity index is 2.04. The van der Waals surface area contributed by atoms with Crippen molar-refractivity contribution in [2.45, 2.75) is 51.6 Å². The van der Waals surface area contributed by atoms with Gasteiger partial charge in [0.05, 0.1) is 12.0 Å². The summed E-state index contributed by atoms with van der Waals surface area (Å²) in [6, 6.07) is 0. The third-order valence-electron chi connectivity index (χ3n) is 3.48. The molecule has 0 aromatic carbocycles. The van der Waals surface area contributed by atoms with Crippen molar-refractivity contribution in [2.24, 2.45) is 11.7 Å². The highest BCUT2D eigenvalue weighted by Crippen LogP contribution is 2.38. The van der Waals surface area contributed by atoms with Crippen LogP contribution in [0.2, 0.25) is 0 Å². The highest BCUT2D eigenvalue weighted by Gasteiger charge is 2.43. The van der Waals surface area contributed by atoms with Crippen molar-refractivity contribution in [3.8, 4) is 0 Å². The molecule has 1 fully saturated rings. The predicted molar refractivity (Wildman–Crippen MR) is 64.3 cm³/mol. The quantitative estimate of drug-likeness (QED) is 0.797. The van der Waals surface area contributed by atoms with Crippen molar-refractivity contribution in [3.63, 3.8) is 0 Å². The van der Waals surface area contributed by atoms with Crippen LogP contribution in [0.4, 0.5) is 0 Å². The zero-order valence-electron chi connectivity index (χ0n) is 10.5. The SMILES string of the molecule is CCCn1ncnc1CC(=O)C(C)(N)C1CC1. The summed E-state index contributed by atoms with van der Waals surface area (Å²) in [5.41, 5.74) is 5.41. The summed E-state index contributed by atoms with van der Waals surface area (Å²) >= 11 is 0. The second kappa shape index (κ2) is 4.56. The summed E-state index contributed by atoms with van der Waals surface area (Å²) in [6.45, 7) is 4.71. The molecule has 1 aromatic heterocycles. The lowest BCUT2D eigenvalue weighted by Gasteiger charge is -2.22. The molecular weight excluding hydrogens is 216 g/mol. The summed E-state index contributed by atoms with van der Waals surface area (Å²) < 4.78 is 1.79. The third-order valence-corrected chi connectivity index (χ3v) is 3.48. The van der Waals surface area contributed by atoms with Crippen LogP contribution in [0.1, 0.15) is 38.9 Å². The molecule has 5 nitrogen and oxygen atoms in total. The van der Waals surface area contributed by atoms with E-state index in [0.29, 0.717) is 12.3 Å². The molecule has 0 amide bonds. The monoisotopic (exact) mass is 236 g/mol. The summed E-state index contributed by atoms with van der Waals surface area (Å²) in [5, 5.41) is 4.11. The van der Waals surface area contributed by atoms with Crippen molar-refractivity contribution >= 4 is 5.78 Å². The number of aryl methyl sites for hydroxylation is 1. The molecule has 1 saturated carbocycles. The van der Waals surface area contributed by atoms with E-state index in [4.69, 9.17) is 5.73 Å². The first kappa shape index (κ1) is 12.2. The van der Waals surface area contributed by atoms with Gasteiger partial charge in [-0.2, -0.15) is 5.10 Å². The van der Waals surface area contributed by atoms with Gasteiger partial charge in [0.25, 0.3) is 0 Å². The molecule has 0 spiro atoms. The van der Waals surface area contributed by atoms with E-state index in [1.165, 1.54) is 6.33 Å². The first-order valence-electron chi connectivity index (χ1n) is 6.24. The average molecular weight is 236 g/mol. The molecule has 0 radical (unpaired) electrons. The van der Waals surface area contributed by atoms with E-state index in [-0.39, 0.29) is 5.78 Å². The first-order chi connectivity index (χ1) is 8.05. The van der Waals surface area contributed by atoms with Gasteiger partial charge in [-0.1, -0.05) is 6.92 Å². The smallest absolute Gasteiger partial charge is 0.160 e. The Bertz CT molecular complexity index is 406. The second-order valence-corrected chi connectivity index (χ2v) is 5.06. The van der Waals surface area contributed by atoms with E-state index in [1.54, 1.807) is 4.68 Å². The van der Waals surface area contributed by atoms with Crippen LogP contribution in [0.5, 0.6) is 0 Å². The number of nitrogens with two attached hydrogens (primary N) is 1. The van der Waals surface area contributed by atoms with E-state index >= 15 is 0 Å². The van der Waals surface area contributed by atoms with Crippen LogP contribution < -0.4 is 5.73 Å². The lowest BCUT2D eigenvalue weighted by atomic mass is 9.90. The number of carbonyl (C=O) groups excluding carboxylic acids is 1. The van der Waals surface area contributed by atoms with Gasteiger partial charge in [0, 0.05) is 6.54 Å². The van der Waals surface area contributed by atoms with Crippen molar-refractivity contribution in [2.75, 3.05) is 0 Å². The standard InChI is InChI=1S/C12H20N4O/c1-3-6-16-11(14-8-15-16)7-10(17)12(2,13)9-4-5-9/h8-9H,3-7,13H2,1-2H3. The van der Waals surface area contributed by atoms with E-state index in [9.17, 15) is 4.79 Å².